The third-order valence-electron chi connectivity index (χ3n) is 0.933. The number of rotatable bonds is 3. The Morgan fingerprint density at radius 1 is 1.62 bits per heavy atom. The van der Waals surface area contributed by atoms with E-state index < -0.39 is 0 Å². The molecule has 44 valence electrons. The van der Waals surface area contributed by atoms with E-state index >= 15 is 0 Å². The Bertz CT molecular complexity index is 73.1. The molecule has 2 heteroatoms. The van der Waals surface area contributed by atoms with Crippen molar-refractivity contribution >= 4 is 14.1 Å². The van der Waals surface area contributed by atoms with Gasteiger partial charge in [0.25, 0.3) is 0 Å². The maximum absolute atomic E-state index is 6.70. The van der Waals surface area contributed by atoms with Crippen molar-refractivity contribution in [3.63, 3.8) is 0 Å². The van der Waals surface area contributed by atoms with Gasteiger partial charge in [0.05, 0.1) is 7.85 Å². The number of hydrogen-bond donors (Lipinski definition) is 1. The molecule has 1 nitrogen and oxygen atoms in total. The SMILES string of the molecule is [B]C(C)(C)CCC=N. The zero-order valence-corrected chi connectivity index (χ0v) is 5.57. The van der Waals surface area contributed by atoms with E-state index in [9.17, 15) is 0 Å². The molecule has 0 aliphatic heterocycles. The summed E-state index contributed by atoms with van der Waals surface area (Å²) in [5, 5.41) is 6.60. The second-order valence-corrected chi connectivity index (χ2v) is 2.73. The summed E-state index contributed by atoms with van der Waals surface area (Å²) in [6, 6.07) is 0. The monoisotopic (exact) mass is 109 g/mol. The van der Waals surface area contributed by atoms with Gasteiger partial charge in [-0.1, -0.05) is 25.6 Å². The van der Waals surface area contributed by atoms with Crippen LogP contribution < -0.4 is 0 Å². The molecule has 0 saturated carbocycles. The molecule has 0 spiro atoms. The van der Waals surface area contributed by atoms with Crippen LogP contribution in [-0.4, -0.2) is 14.1 Å². The van der Waals surface area contributed by atoms with Gasteiger partial charge in [-0.15, -0.1) is 0 Å². The minimum absolute atomic E-state index is 0.0997. The summed E-state index contributed by atoms with van der Waals surface area (Å²) in [6.07, 6.45) is 3.09. The standard InChI is InChI=1S/C6H12BN/c1-6(2,7)4-3-5-8/h5,8H,3-4H2,1-2H3. The molecule has 8 heavy (non-hydrogen) atoms. The maximum Gasteiger partial charge on any atom is 0.0738 e. The minimum Gasteiger partial charge on any atom is -0.313 e. The summed E-state index contributed by atoms with van der Waals surface area (Å²) in [7, 11) is 5.62. The van der Waals surface area contributed by atoms with Gasteiger partial charge < -0.3 is 5.41 Å². The Morgan fingerprint density at radius 3 is 2.25 bits per heavy atom. The van der Waals surface area contributed by atoms with Crippen molar-refractivity contribution in [1.82, 2.24) is 0 Å². The van der Waals surface area contributed by atoms with Crippen molar-refractivity contribution < 1.29 is 0 Å². The first-order chi connectivity index (χ1) is 3.56. The summed E-state index contributed by atoms with van der Waals surface area (Å²) in [4.78, 5) is 0. The van der Waals surface area contributed by atoms with Gasteiger partial charge in [0, 0.05) is 0 Å². The van der Waals surface area contributed by atoms with Crippen LogP contribution in [-0.2, 0) is 0 Å². The van der Waals surface area contributed by atoms with Gasteiger partial charge in [-0.25, -0.2) is 0 Å². The highest BCUT2D eigenvalue weighted by molar-refractivity contribution is 6.14. The van der Waals surface area contributed by atoms with Crippen LogP contribution in [0.2, 0.25) is 5.31 Å². The van der Waals surface area contributed by atoms with Crippen LogP contribution in [0, 0.1) is 5.41 Å². The molecule has 0 atom stereocenters. The van der Waals surface area contributed by atoms with E-state index in [-0.39, 0.29) is 5.31 Å². The first-order valence-electron chi connectivity index (χ1n) is 2.84. The molecule has 0 amide bonds. The van der Waals surface area contributed by atoms with Crippen LogP contribution in [0.15, 0.2) is 0 Å². The summed E-state index contributed by atoms with van der Waals surface area (Å²) in [5.74, 6) is 0. The molecular formula is C6H12BN. The lowest BCUT2D eigenvalue weighted by Crippen LogP contribution is -2.01. The van der Waals surface area contributed by atoms with Crippen molar-refractivity contribution in [2.75, 3.05) is 0 Å². The summed E-state index contributed by atoms with van der Waals surface area (Å²) < 4.78 is 0. The maximum atomic E-state index is 6.70. The molecule has 0 aromatic rings. The minimum atomic E-state index is -0.0997. The molecule has 0 aromatic heterocycles. The average Bonchev–Trinajstić information content (AvgIpc) is 1.59. The third-order valence-corrected chi connectivity index (χ3v) is 0.933. The number of hydrogen-bond acceptors (Lipinski definition) is 1. The predicted octanol–water partition coefficient (Wildman–Crippen LogP) is 1.78. The van der Waals surface area contributed by atoms with Gasteiger partial charge in [0.2, 0.25) is 0 Å². The van der Waals surface area contributed by atoms with E-state index in [4.69, 9.17) is 13.3 Å². The topological polar surface area (TPSA) is 23.9 Å². The highest BCUT2D eigenvalue weighted by atomic mass is 14.3. The molecule has 0 bridgehead atoms. The molecule has 0 saturated heterocycles. The van der Waals surface area contributed by atoms with E-state index in [0.29, 0.717) is 0 Å². The predicted molar refractivity (Wildman–Crippen MR) is 37.8 cm³/mol. The second kappa shape index (κ2) is 2.90. The highest BCUT2D eigenvalue weighted by Gasteiger charge is 2.06. The Kier molecular flexibility index (Phi) is 2.81. The van der Waals surface area contributed by atoms with Crippen LogP contribution in [0.1, 0.15) is 26.7 Å². The fourth-order valence-corrected chi connectivity index (χ4v) is 0.444. The van der Waals surface area contributed by atoms with Crippen LogP contribution >= 0.6 is 0 Å². The smallest absolute Gasteiger partial charge is 0.0738 e. The van der Waals surface area contributed by atoms with Gasteiger partial charge in [-0.05, 0) is 12.6 Å². The van der Waals surface area contributed by atoms with Crippen molar-refractivity contribution in [2.24, 2.45) is 0 Å². The largest absolute Gasteiger partial charge is 0.313 e. The quantitative estimate of drug-likeness (QED) is 0.422. The van der Waals surface area contributed by atoms with E-state index in [0.717, 1.165) is 12.8 Å². The molecule has 0 rings (SSSR count). The molecule has 0 heterocycles. The molecule has 0 unspecified atom stereocenters. The Morgan fingerprint density at radius 2 is 2.12 bits per heavy atom. The third kappa shape index (κ3) is 5.73. The summed E-state index contributed by atoms with van der Waals surface area (Å²) >= 11 is 0. The lowest BCUT2D eigenvalue weighted by molar-refractivity contribution is 0.633. The Balaban J connectivity index is 3.24. The zero-order valence-electron chi connectivity index (χ0n) is 5.57. The van der Waals surface area contributed by atoms with Gasteiger partial charge >= 0.3 is 0 Å². The number of nitrogens with one attached hydrogen (secondary N) is 1. The van der Waals surface area contributed by atoms with Crippen LogP contribution in [0.5, 0.6) is 0 Å². The molecule has 0 fully saturated rings. The Hall–Kier alpha value is -0.265. The van der Waals surface area contributed by atoms with Gasteiger partial charge in [0.15, 0.2) is 0 Å². The van der Waals surface area contributed by atoms with E-state index in [1.807, 2.05) is 13.8 Å². The normalized spacial score (nSPS) is 11.2. The molecule has 0 aliphatic carbocycles. The van der Waals surface area contributed by atoms with E-state index in [1.54, 1.807) is 0 Å². The first kappa shape index (κ1) is 7.73. The lowest BCUT2D eigenvalue weighted by Gasteiger charge is -2.15. The van der Waals surface area contributed by atoms with Crippen LogP contribution in [0.4, 0.5) is 0 Å². The molecule has 1 N–H and O–H groups in total. The fraction of sp³-hybridized carbons (Fsp3) is 0.833. The molecule has 0 aliphatic rings. The van der Waals surface area contributed by atoms with Crippen molar-refractivity contribution in [3.8, 4) is 0 Å². The van der Waals surface area contributed by atoms with Gasteiger partial charge in [-0.2, -0.15) is 0 Å². The summed E-state index contributed by atoms with van der Waals surface area (Å²) in [5.41, 5.74) is 0. The lowest BCUT2D eigenvalue weighted by atomic mass is 9.69. The average molecular weight is 109 g/mol. The Labute approximate surface area is 52.4 Å². The van der Waals surface area contributed by atoms with E-state index in [2.05, 4.69) is 0 Å². The fourth-order valence-electron chi connectivity index (χ4n) is 0.444. The summed E-state index contributed by atoms with van der Waals surface area (Å²) in [6.45, 7) is 3.94. The first-order valence-corrected chi connectivity index (χ1v) is 2.84. The second-order valence-electron chi connectivity index (χ2n) is 2.73. The molecule has 0 aromatic carbocycles. The zero-order chi connectivity index (χ0) is 6.62. The molecule has 2 radical (unpaired) electrons. The van der Waals surface area contributed by atoms with Crippen LogP contribution in [0.25, 0.3) is 0 Å². The van der Waals surface area contributed by atoms with Crippen molar-refractivity contribution in [3.05, 3.63) is 0 Å². The van der Waals surface area contributed by atoms with Crippen molar-refractivity contribution in [1.29, 1.82) is 5.41 Å². The van der Waals surface area contributed by atoms with Crippen molar-refractivity contribution in [2.45, 2.75) is 32.0 Å². The van der Waals surface area contributed by atoms with Gasteiger partial charge in [-0.3, -0.25) is 0 Å². The van der Waals surface area contributed by atoms with Crippen LogP contribution in [0.3, 0.4) is 0 Å². The highest BCUT2D eigenvalue weighted by Crippen LogP contribution is 2.23. The molecular weight excluding hydrogens is 96.9 g/mol. The van der Waals surface area contributed by atoms with E-state index in [1.165, 1.54) is 6.21 Å². The van der Waals surface area contributed by atoms with Gasteiger partial charge in [0.1, 0.15) is 0 Å².